The second-order valence-electron chi connectivity index (χ2n) is 2.99. The lowest BCUT2D eigenvalue weighted by atomic mass is 10.0. The average Bonchev–Trinajstić information content (AvgIpc) is 2.27. The lowest BCUT2D eigenvalue weighted by molar-refractivity contribution is -0.271. The molecule has 0 radical (unpaired) electrons. The first kappa shape index (κ1) is 12.0. The molecule has 0 aliphatic heterocycles. The van der Waals surface area contributed by atoms with E-state index in [1.165, 1.54) is 19.2 Å². The van der Waals surface area contributed by atoms with Gasteiger partial charge in [0.1, 0.15) is 12.0 Å². The van der Waals surface area contributed by atoms with Crippen molar-refractivity contribution in [3.8, 4) is 11.5 Å². The van der Waals surface area contributed by atoms with Gasteiger partial charge < -0.3 is 19.4 Å². The number of benzene rings is 1. The zero-order chi connectivity index (χ0) is 12.1. The first-order valence-electron chi connectivity index (χ1n) is 4.67. The highest BCUT2D eigenvalue weighted by Crippen LogP contribution is 2.33. The Morgan fingerprint density at radius 2 is 2.19 bits per heavy atom. The molecular formula is C11H11O5-. The minimum Gasteiger partial charge on any atom is -0.510 e. The Labute approximate surface area is 92.6 Å². The number of aldehydes is 1. The van der Waals surface area contributed by atoms with E-state index in [0.29, 0.717) is 23.8 Å². The molecule has 0 saturated heterocycles. The molecule has 0 atom stereocenters. The predicted octanol–water partition coefficient (Wildman–Crippen LogP) is 0.792. The highest BCUT2D eigenvalue weighted by atomic mass is 16.7. The average molecular weight is 223 g/mol. The number of ether oxygens (including phenoxy) is 2. The third-order valence-electron chi connectivity index (χ3n) is 2.14. The summed E-state index contributed by atoms with van der Waals surface area (Å²) in [4.78, 5) is 21.1. The molecule has 86 valence electrons. The smallest absolute Gasteiger partial charge is 0.257 e. The van der Waals surface area contributed by atoms with Crippen LogP contribution in [0.1, 0.15) is 22.8 Å². The molecule has 0 bridgehead atoms. The van der Waals surface area contributed by atoms with Gasteiger partial charge >= 0.3 is 0 Å². The van der Waals surface area contributed by atoms with Crippen molar-refractivity contribution in [3.05, 3.63) is 23.3 Å². The van der Waals surface area contributed by atoms with E-state index < -0.39 is 6.16 Å². The summed E-state index contributed by atoms with van der Waals surface area (Å²) in [6, 6.07) is 2.84. The first-order chi connectivity index (χ1) is 7.63. The van der Waals surface area contributed by atoms with Gasteiger partial charge in [0.25, 0.3) is 6.16 Å². The molecule has 0 aromatic heterocycles. The van der Waals surface area contributed by atoms with Crippen LogP contribution < -0.4 is 14.6 Å². The van der Waals surface area contributed by atoms with Gasteiger partial charge in [0.05, 0.1) is 12.9 Å². The zero-order valence-electron chi connectivity index (χ0n) is 8.98. The molecule has 0 N–H and O–H groups in total. The SMILES string of the molecule is CCc1c(C=O)ccc(OC(=O)[O-])c1OC. The van der Waals surface area contributed by atoms with Gasteiger partial charge in [-0.1, -0.05) is 6.92 Å². The Balaban J connectivity index is 3.30. The largest absolute Gasteiger partial charge is 0.510 e. The van der Waals surface area contributed by atoms with Gasteiger partial charge in [-0.2, -0.15) is 0 Å². The Kier molecular flexibility index (Phi) is 3.88. The van der Waals surface area contributed by atoms with Crippen molar-refractivity contribution in [1.29, 1.82) is 0 Å². The van der Waals surface area contributed by atoms with Crippen LogP contribution in [0.4, 0.5) is 4.79 Å². The van der Waals surface area contributed by atoms with Crippen molar-refractivity contribution >= 4 is 12.4 Å². The van der Waals surface area contributed by atoms with Gasteiger partial charge in [-0.05, 0) is 18.6 Å². The van der Waals surface area contributed by atoms with Crippen molar-refractivity contribution in [2.24, 2.45) is 0 Å². The summed E-state index contributed by atoms with van der Waals surface area (Å²) in [5, 5.41) is 10.3. The van der Waals surface area contributed by atoms with Crippen molar-refractivity contribution < 1.29 is 24.2 Å². The molecule has 0 unspecified atom stereocenters. The minimum atomic E-state index is -1.67. The van der Waals surface area contributed by atoms with Gasteiger partial charge in [-0.15, -0.1) is 0 Å². The highest BCUT2D eigenvalue weighted by Gasteiger charge is 2.11. The molecule has 0 spiro atoms. The molecule has 1 rings (SSSR count). The van der Waals surface area contributed by atoms with Crippen LogP contribution in [0.15, 0.2) is 12.1 Å². The van der Waals surface area contributed by atoms with Gasteiger partial charge in [-0.25, -0.2) is 0 Å². The first-order valence-corrected chi connectivity index (χ1v) is 4.67. The number of rotatable bonds is 4. The highest BCUT2D eigenvalue weighted by molar-refractivity contribution is 5.80. The monoisotopic (exact) mass is 223 g/mol. The summed E-state index contributed by atoms with van der Waals surface area (Å²) in [5.74, 6) is 0.279. The molecule has 5 heteroatoms. The molecular weight excluding hydrogens is 212 g/mol. The summed E-state index contributed by atoms with van der Waals surface area (Å²) in [7, 11) is 1.38. The van der Waals surface area contributed by atoms with Gasteiger partial charge in [0, 0.05) is 11.1 Å². The lowest BCUT2D eigenvalue weighted by Crippen LogP contribution is -2.26. The quantitative estimate of drug-likeness (QED) is 0.428. The molecule has 0 amide bonds. The summed E-state index contributed by atoms with van der Waals surface area (Å²) in [5.41, 5.74) is 1.06. The summed E-state index contributed by atoms with van der Waals surface area (Å²) >= 11 is 0. The second-order valence-corrected chi connectivity index (χ2v) is 2.99. The number of carboxylic acid groups (broad SMARTS) is 1. The Hall–Kier alpha value is -2.04. The standard InChI is InChI=1S/C11H12O5/c1-3-8-7(6-12)4-5-9(10(8)15-2)16-11(13)14/h4-6H,3H2,1-2H3,(H,13,14)/p-1. The Morgan fingerprint density at radius 1 is 1.50 bits per heavy atom. The Bertz CT molecular complexity index is 411. The maximum absolute atomic E-state index is 10.8. The normalized spacial score (nSPS) is 9.62. The van der Waals surface area contributed by atoms with Gasteiger partial charge in [0.2, 0.25) is 0 Å². The third-order valence-corrected chi connectivity index (χ3v) is 2.14. The van der Waals surface area contributed by atoms with Gasteiger partial charge in [-0.3, -0.25) is 4.79 Å². The molecule has 16 heavy (non-hydrogen) atoms. The fraction of sp³-hybridized carbons (Fsp3) is 0.273. The van der Waals surface area contributed by atoms with Crippen LogP contribution in [0.2, 0.25) is 0 Å². The number of methoxy groups -OCH3 is 1. The molecule has 0 fully saturated rings. The molecule has 0 saturated carbocycles. The molecule has 1 aromatic carbocycles. The van der Waals surface area contributed by atoms with E-state index in [0.717, 1.165) is 0 Å². The van der Waals surface area contributed by atoms with E-state index in [9.17, 15) is 14.7 Å². The van der Waals surface area contributed by atoms with Crippen molar-refractivity contribution in [2.75, 3.05) is 7.11 Å². The van der Waals surface area contributed by atoms with E-state index in [-0.39, 0.29) is 11.5 Å². The minimum absolute atomic E-state index is 0.0324. The summed E-state index contributed by atoms with van der Waals surface area (Å²) in [6.07, 6.45) is -0.453. The maximum Gasteiger partial charge on any atom is 0.257 e. The van der Waals surface area contributed by atoms with Crippen molar-refractivity contribution in [3.63, 3.8) is 0 Å². The molecule has 0 aliphatic carbocycles. The number of hydrogen-bond donors (Lipinski definition) is 0. The zero-order valence-corrected chi connectivity index (χ0v) is 8.98. The van der Waals surface area contributed by atoms with Crippen LogP contribution >= 0.6 is 0 Å². The van der Waals surface area contributed by atoms with Crippen molar-refractivity contribution in [1.82, 2.24) is 0 Å². The fourth-order valence-corrected chi connectivity index (χ4v) is 1.49. The molecule has 0 aliphatic rings. The van der Waals surface area contributed by atoms with Crippen molar-refractivity contribution in [2.45, 2.75) is 13.3 Å². The number of carbonyl (C=O) groups excluding carboxylic acids is 2. The number of carbonyl (C=O) groups is 2. The van der Waals surface area contributed by atoms with Crippen LogP contribution in [0.5, 0.6) is 11.5 Å². The van der Waals surface area contributed by atoms with Crippen LogP contribution in [-0.4, -0.2) is 19.6 Å². The topological polar surface area (TPSA) is 75.7 Å². The lowest BCUT2D eigenvalue weighted by Gasteiger charge is -2.17. The van der Waals surface area contributed by atoms with E-state index in [1.807, 2.05) is 6.92 Å². The Morgan fingerprint density at radius 3 is 2.62 bits per heavy atom. The van der Waals surface area contributed by atoms with E-state index >= 15 is 0 Å². The van der Waals surface area contributed by atoms with Crippen LogP contribution in [-0.2, 0) is 6.42 Å². The maximum atomic E-state index is 10.8. The van der Waals surface area contributed by atoms with E-state index in [4.69, 9.17) is 4.74 Å². The number of hydrogen-bond acceptors (Lipinski definition) is 5. The second kappa shape index (κ2) is 5.16. The van der Waals surface area contributed by atoms with E-state index in [1.54, 1.807) is 0 Å². The third kappa shape index (κ3) is 2.31. The van der Waals surface area contributed by atoms with Crippen LogP contribution in [0, 0.1) is 0 Å². The molecule has 0 heterocycles. The van der Waals surface area contributed by atoms with E-state index in [2.05, 4.69) is 4.74 Å². The predicted molar refractivity (Wildman–Crippen MR) is 53.8 cm³/mol. The fourth-order valence-electron chi connectivity index (χ4n) is 1.49. The summed E-state index contributed by atoms with van der Waals surface area (Å²) < 4.78 is 9.48. The molecule has 1 aromatic rings. The molecule has 5 nitrogen and oxygen atoms in total. The van der Waals surface area contributed by atoms with Gasteiger partial charge in [0.15, 0.2) is 0 Å². The summed E-state index contributed by atoms with van der Waals surface area (Å²) in [6.45, 7) is 1.83. The van der Waals surface area contributed by atoms with Crippen LogP contribution in [0.25, 0.3) is 0 Å². The van der Waals surface area contributed by atoms with Crippen LogP contribution in [0.3, 0.4) is 0 Å².